The minimum Gasteiger partial charge on any atom is -0.380 e. The molecule has 5 nitrogen and oxygen atoms in total. The van der Waals surface area contributed by atoms with Crippen LogP contribution in [0.5, 0.6) is 0 Å². The van der Waals surface area contributed by atoms with Gasteiger partial charge in [0.25, 0.3) is 0 Å². The van der Waals surface area contributed by atoms with Crippen LogP contribution in [0, 0.1) is 12.3 Å². The molecule has 1 aliphatic heterocycles. The van der Waals surface area contributed by atoms with Crippen molar-refractivity contribution in [3.63, 3.8) is 0 Å². The number of ether oxygens (including phenoxy) is 1. The average Bonchev–Trinajstić information content (AvgIpc) is 2.95. The topological polar surface area (TPSA) is 61.4 Å². The van der Waals surface area contributed by atoms with E-state index in [1.165, 1.54) is 22.0 Å². The van der Waals surface area contributed by atoms with Gasteiger partial charge in [-0.25, -0.2) is 0 Å². The van der Waals surface area contributed by atoms with Crippen molar-refractivity contribution >= 4 is 40.8 Å². The molecule has 25 heavy (non-hydrogen) atoms. The van der Waals surface area contributed by atoms with E-state index >= 15 is 0 Å². The summed E-state index contributed by atoms with van der Waals surface area (Å²) in [6.45, 7) is 10.6. The van der Waals surface area contributed by atoms with E-state index in [4.69, 9.17) is 9.73 Å². The summed E-state index contributed by atoms with van der Waals surface area (Å²) in [5.41, 5.74) is 4.09. The Bertz CT molecular complexity index is 721. The van der Waals surface area contributed by atoms with Crippen molar-refractivity contribution in [1.29, 1.82) is 0 Å². The number of benzene rings is 1. The molecule has 1 aromatic carbocycles. The number of nitrogens with one attached hydrogen (secondary N) is 3. The normalized spacial score (nSPS) is 16.2. The molecule has 0 amide bonds. The van der Waals surface area contributed by atoms with Crippen LogP contribution in [0.3, 0.4) is 0 Å². The molecule has 1 saturated heterocycles. The minimum absolute atomic E-state index is 0. The number of nitrogens with zero attached hydrogens (tertiary/aromatic N) is 1. The third-order valence-electron chi connectivity index (χ3n) is 4.55. The zero-order valence-electron chi connectivity index (χ0n) is 15.3. The molecule has 1 aromatic heterocycles. The number of aromatic amines is 1. The van der Waals surface area contributed by atoms with Crippen LogP contribution in [0.1, 0.15) is 25.0 Å². The maximum absolute atomic E-state index is 5.30. The number of aliphatic imine (C=N–C) groups is 1. The number of hydrogen-bond acceptors (Lipinski definition) is 2. The first-order chi connectivity index (χ1) is 11.6. The molecule has 0 bridgehead atoms. The maximum Gasteiger partial charge on any atom is 0.191 e. The summed E-state index contributed by atoms with van der Waals surface area (Å²) in [5.74, 6) is 0.891. The van der Waals surface area contributed by atoms with E-state index in [9.17, 15) is 0 Å². The van der Waals surface area contributed by atoms with Crippen molar-refractivity contribution in [1.82, 2.24) is 15.6 Å². The van der Waals surface area contributed by atoms with E-state index in [0.29, 0.717) is 0 Å². The molecule has 6 heteroatoms. The van der Waals surface area contributed by atoms with Crippen LogP contribution in [0.25, 0.3) is 10.9 Å². The Morgan fingerprint density at radius 2 is 2.12 bits per heavy atom. The zero-order valence-corrected chi connectivity index (χ0v) is 17.6. The van der Waals surface area contributed by atoms with Crippen LogP contribution in [-0.4, -0.2) is 43.8 Å². The standard InChI is InChI=1S/C19H28N4O.HI/c1-4-20-18(23-11-19(3)12-24-13-19)21-9-8-15-10-22-16-7-5-6-14(2)17(15)16;/h5-7,10,22H,4,8-9,11-13H2,1-3H3,(H2,20,21,23);1H. The second-order valence-electron chi connectivity index (χ2n) is 6.99. The van der Waals surface area contributed by atoms with E-state index in [-0.39, 0.29) is 29.4 Å². The van der Waals surface area contributed by atoms with Gasteiger partial charge in [-0.15, -0.1) is 24.0 Å². The Labute approximate surface area is 167 Å². The first-order valence-electron chi connectivity index (χ1n) is 8.77. The van der Waals surface area contributed by atoms with Gasteiger partial charge < -0.3 is 20.4 Å². The predicted octanol–water partition coefficient (Wildman–Crippen LogP) is 3.23. The average molecular weight is 456 g/mol. The van der Waals surface area contributed by atoms with Crippen molar-refractivity contribution in [2.75, 3.05) is 32.8 Å². The van der Waals surface area contributed by atoms with E-state index in [1.807, 2.05) is 0 Å². The third-order valence-corrected chi connectivity index (χ3v) is 4.55. The first kappa shape index (κ1) is 20.0. The van der Waals surface area contributed by atoms with Gasteiger partial charge in [-0.2, -0.15) is 0 Å². The fourth-order valence-electron chi connectivity index (χ4n) is 3.12. The number of aromatic nitrogens is 1. The van der Waals surface area contributed by atoms with Crippen molar-refractivity contribution in [3.05, 3.63) is 35.5 Å². The van der Waals surface area contributed by atoms with Gasteiger partial charge in [-0.3, -0.25) is 4.99 Å². The van der Waals surface area contributed by atoms with Gasteiger partial charge in [0.15, 0.2) is 5.96 Å². The molecule has 0 unspecified atom stereocenters. The fraction of sp³-hybridized carbons (Fsp3) is 0.526. The molecule has 3 rings (SSSR count). The third kappa shape index (κ3) is 4.88. The number of aryl methyl sites for hydroxylation is 1. The van der Waals surface area contributed by atoms with Gasteiger partial charge in [-0.05, 0) is 37.5 Å². The van der Waals surface area contributed by atoms with Gasteiger partial charge in [0.2, 0.25) is 0 Å². The molecule has 0 spiro atoms. The molecular weight excluding hydrogens is 427 g/mol. The largest absolute Gasteiger partial charge is 0.380 e. The van der Waals surface area contributed by atoms with E-state index in [1.54, 1.807) is 0 Å². The van der Waals surface area contributed by atoms with Crippen LogP contribution in [-0.2, 0) is 11.2 Å². The highest BCUT2D eigenvalue weighted by Crippen LogP contribution is 2.26. The lowest BCUT2D eigenvalue weighted by Gasteiger charge is -2.36. The summed E-state index contributed by atoms with van der Waals surface area (Å²) in [6.07, 6.45) is 3.09. The Balaban J connectivity index is 0.00000225. The second kappa shape index (κ2) is 8.89. The summed E-state index contributed by atoms with van der Waals surface area (Å²) >= 11 is 0. The molecule has 1 aliphatic rings. The summed E-state index contributed by atoms with van der Waals surface area (Å²) in [7, 11) is 0. The molecule has 0 saturated carbocycles. The quantitative estimate of drug-likeness (QED) is 0.356. The molecule has 0 atom stereocenters. The van der Waals surface area contributed by atoms with Crippen molar-refractivity contribution < 1.29 is 4.74 Å². The SMILES string of the molecule is CCNC(=NCC1(C)COC1)NCCc1c[nH]c2cccc(C)c12.I. The van der Waals surface area contributed by atoms with E-state index < -0.39 is 0 Å². The Morgan fingerprint density at radius 3 is 2.80 bits per heavy atom. The molecule has 0 radical (unpaired) electrons. The number of H-pyrrole nitrogens is 1. The second-order valence-corrected chi connectivity index (χ2v) is 6.99. The molecular formula is C19H29IN4O. The molecule has 2 aromatic rings. The predicted molar refractivity (Wildman–Crippen MR) is 115 cm³/mol. The van der Waals surface area contributed by atoms with Gasteiger partial charge >= 0.3 is 0 Å². The number of fused-ring (bicyclic) bond motifs is 1. The van der Waals surface area contributed by atoms with Crippen molar-refractivity contribution in [3.8, 4) is 0 Å². The van der Waals surface area contributed by atoms with Crippen LogP contribution >= 0.6 is 24.0 Å². The van der Waals surface area contributed by atoms with Crippen molar-refractivity contribution in [2.45, 2.75) is 27.2 Å². The molecule has 3 N–H and O–H groups in total. The zero-order chi connectivity index (χ0) is 17.0. The minimum atomic E-state index is 0. The van der Waals surface area contributed by atoms with Crippen LogP contribution in [0.4, 0.5) is 0 Å². The van der Waals surface area contributed by atoms with Crippen LogP contribution in [0.2, 0.25) is 0 Å². The number of halogens is 1. The summed E-state index contributed by atoms with van der Waals surface area (Å²) < 4.78 is 5.30. The Hall–Kier alpha value is -1.28. The lowest BCUT2D eigenvalue weighted by molar-refractivity contribution is -0.0945. The van der Waals surface area contributed by atoms with Gasteiger partial charge in [0, 0.05) is 35.6 Å². The summed E-state index contributed by atoms with van der Waals surface area (Å²) in [6, 6.07) is 6.39. The van der Waals surface area contributed by atoms with Crippen molar-refractivity contribution in [2.24, 2.45) is 10.4 Å². The van der Waals surface area contributed by atoms with Gasteiger partial charge in [0.1, 0.15) is 0 Å². The summed E-state index contributed by atoms with van der Waals surface area (Å²) in [5, 5.41) is 8.12. The highest BCUT2D eigenvalue weighted by molar-refractivity contribution is 14.0. The maximum atomic E-state index is 5.30. The molecule has 1 fully saturated rings. The van der Waals surface area contributed by atoms with E-state index in [0.717, 1.165) is 45.2 Å². The number of rotatable bonds is 6. The number of hydrogen-bond donors (Lipinski definition) is 3. The summed E-state index contributed by atoms with van der Waals surface area (Å²) in [4.78, 5) is 8.08. The Morgan fingerprint density at radius 1 is 1.32 bits per heavy atom. The fourth-order valence-corrected chi connectivity index (χ4v) is 3.12. The van der Waals surface area contributed by atoms with Gasteiger partial charge in [-0.1, -0.05) is 19.1 Å². The van der Waals surface area contributed by atoms with Crippen LogP contribution in [0.15, 0.2) is 29.4 Å². The first-order valence-corrected chi connectivity index (χ1v) is 8.77. The number of guanidine groups is 1. The molecule has 0 aliphatic carbocycles. The highest BCUT2D eigenvalue weighted by Gasteiger charge is 2.33. The Kier molecular flexibility index (Phi) is 7.13. The lowest BCUT2D eigenvalue weighted by atomic mass is 9.89. The molecule has 138 valence electrons. The van der Waals surface area contributed by atoms with Gasteiger partial charge in [0.05, 0.1) is 19.8 Å². The monoisotopic (exact) mass is 456 g/mol. The smallest absolute Gasteiger partial charge is 0.191 e. The van der Waals surface area contributed by atoms with Crippen LogP contribution < -0.4 is 10.6 Å². The molecule has 2 heterocycles. The highest BCUT2D eigenvalue weighted by atomic mass is 127. The van der Waals surface area contributed by atoms with E-state index in [2.05, 4.69) is 60.8 Å². The lowest BCUT2D eigenvalue weighted by Crippen LogP contribution is -2.44.